The summed E-state index contributed by atoms with van der Waals surface area (Å²) in [6.07, 6.45) is 1.40. The Morgan fingerprint density at radius 3 is 2.54 bits per heavy atom. The van der Waals surface area contributed by atoms with E-state index < -0.39 is 12.0 Å². The Hall–Kier alpha value is -2.83. The predicted molar refractivity (Wildman–Crippen MR) is 93.1 cm³/mol. The number of urea groups is 1. The van der Waals surface area contributed by atoms with Crippen molar-refractivity contribution in [2.24, 2.45) is 5.16 Å². The zero-order valence-electron chi connectivity index (χ0n) is 14.2. The van der Waals surface area contributed by atoms with E-state index in [9.17, 15) is 9.59 Å². The molecule has 0 atom stereocenters. The Morgan fingerprint density at radius 1 is 1.29 bits per heavy atom. The number of esters is 1. The molecule has 1 rings (SSSR count). The fourth-order valence-electron chi connectivity index (χ4n) is 1.67. The van der Waals surface area contributed by atoms with Crippen LogP contribution in [0.15, 0.2) is 42.1 Å². The van der Waals surface area contributed by atoms with Crippen LogP contribution in [0.1, 0.15) is 26.3 Å². The van der Waals surface area contributed by atoms with Crippen molar-refractivity contribution in [3.63, 3.8) is 0 Å². The molecule has 2 amide bonds. The van der Waals surface area contributed by atoms with Crippen LogP contribution >= 0.6 is 0 Å². The normalized spacial score (nSPS) is 10.9. The molecule has 1 aromatic carbocycles. The lowest BCUT2D eigenvalue weighted by Gasteiger charge is -2.10. The molecule has 0 spiro atoms. The quantitative estimate of drug-likeness (QED) is 0.252. The molecule has 7 nitrogen and oxygen atoms in total. The maximum absolute atomic E-state index is 11.7. The van der Waals surface area contributed by atoms with Crippen LogP contribution in [0.4, 0.5) is 10.5 Å². The van der Waals surface area contributed by atoms with Gasteiger partial charge in [0.1, 0.15) is 13.2 Å². The Kier molecular flexibility index (Phi) is 8.04. The number of oxime groups is 1. The van der Waals surface area contributed by atoms with Crippen LogP contribution in [0, 0.1) is 0 Å². The molecule has 0 aliphatic heterocycles. The van der Waals surface area contributed by atoms with Crippen molar-refractivity contribution in [3.8, 4) is 0 Å². The standard InChI is InChI=1S/C17H23N3O4/c1-5-10-23-20-13(4)14-6-8-15(9-7-14)19-17(22)18-11-16(21)24-12(2)3/h5-9,12H,1,10-11H2,2-4H3,(H2,18,19,22). The van der Waals surface area contributed by atoms with Crippen molar-refractivity contribution in [2.75, 3.05) is 18.5 Å². The summed E-state index contributed by atoms with van der Waals surface area (Å²) in [7, 11) is 0. The van der Waals surface area contributed by atoms with Crippen molar-refractivity contribution in [1.82, 2.24) is 5.32 Å². The molecule has 0 bridgehead atoms. The second-order valence-electron chi connectivity index (χ2n) is 5.18. The van der Waals surface area contributed by atoms with Gasteiger partial charge in [0.25, 0.3) is 0 Å². The molecule has 0 radical (unpaired) electrons. The average molecular weight is 333 g/mol. The summed E-state index contributed by atoms with van der Waals surface area (Å²) in [5.74, 6) is -0.484. The Morgan fingerprint density at radius 2 is 1.96 bits per heavy atom. The number of hydrogen-bond acceptors (Lipinski definition) is 5. The predicted octanol–water partition coefficient (Wildman–Crippen LogP) is 2.69. The minimum absolute atomic E-state index is 0.186. The molecule has 130 valence electrons. The smallest absolute Gasteiger partial charge is 0.325 e. The highest BCUT2D eigenvalue weighted by Gasteiger charge is 2.08. The highest BCUT2D eigenvalue weighted by Crippen LogP contribution is 2.10. The minimum Gasteiger partial charge on any atom is -0.462 e. The zero-order valence-corrected chi connectivity index (χ0v) is 14.2. The summed E-state index contributed by atoms with van der Waals surface area (Å²) in [5.41, 5.74) is 2.17. The van der Waals surface area contributed by atoms with Crippen LogP contribution in [0.5, 0.6) is 0 Å². The van der Waals surface area contributed by atoms with Crippen molar-refractivity contribution in [3.05, 3.63) is 42.5 Å². The molecule has 0 fully saturated rings. The summed E-state index contributed by atoms with van der Waals surface area (Å²) in [4.78, 5) is 28.1. The minimum atomic E-state index is -0.484. The largest absolute Gasteiger partial charge is 0.462 e. The van der Waals surface area contributed by atoms with Crippen LogP contribution in [-0.2, 0) is 14.4 Å². The number of nitrogens with zero attached hydrogens (tertiary/aromatic N) is 1. The second kappa shape index (κ2) is 10.0. The van der Waals surface area contributed by atoms with Gasteiger partial charge in [0.05, 0.1) is 11.8 Å². The number of carbonyl (C=O) groups excluding carboxylic acids is 2. The van der Waals surface area contributed by atoms with Gasteiger partial charge in [0.15, 0.2) is 0 Å². The molecule has 0 aliphatic rings. The molecule has 0 aliphatic carbocycles. The van der Waals surface area contributed by atoms with Gasteiger partial charge in [0, 0.05) is 5.69 Å². The van der Waals surface area contributed by atoms with E-state index in [0.717, 1.165) is 5.56 Å². The van der Waals surface area contributed by atoms with Gasteiger partial charge in [-0.15, -0.1) is 0 Å². The van der Waals surface area contributed by atoms with Crippen molar-refractivity contribution < 1.29 is 19.2 Å². The molecule has 0 aromatic heterocycles. The topological polar surface area (TPSA) is 89.0 Å². The molecule has 0 unspecified atom stereocenters. The number of nitrogens with one attached hydrogen (secondary N) is 2. The first kappa shape index (κ1) is 19.2. The zero-order chi connectivity index (χ0) is 17.9. The molecule has 0 saturated heterocycles. The first-order chi connectivity index (χ1) is 11.4. The number of amides is 2. The fourth-order valence-corrected chi connectivity index (χ4v) is 1.67. The van der Waals surface area contributed by atoms with E-state index in [1.165, 1.54) is 0 Å². The van der Waals surface area contributed by atoms with Gasteiger partial charge in [-0.25, -0.2) is 4.79 Å². The van der Waals surface area contributed by atoms with Crippen molar-refractivity contribution in [2.45, 2.75) is 26.9 Å². The fraction of sp³-hybridized carbons (Fsp3) is 0.353. The van der Waals surface area contributed by atoms with Gasteiger partial charge < -0.3 is 20.2 Å². The lowest BCUT2D eigenvalue weighted by molar-refractivity contribution is -0.146. The molecule has 0 heterocycles. The first-order valence-corrected chi connectivity index (χ1v) is 7.54. The summed E-state index contributed by atoms with van der Waals surface area (Å²) >= 11 is 0. The number of carbonyl (C=O) groups is 2. The van der Waals surface area contributed by atoms with Crippen LogP contribution in [0.2, 0.25) is 0 Å². The molecule has 24 heavy (non-hydrogen) atoms. The Labute approximate surface area is 141 Å². The van der Waals surface area contributed by atoms with Crippen LogP contribution in [-0.4, -0.2) is 37.0 Å². The summed E-state index contributed by atoms with van der Waals surface area (Å²) in [5, 5.41) is 9.00. The maximum Gasteiger partial charge on any atom is 0.325 e. The monoisotopic (exact) mass is 333 g/mol. The van der Waals surface area contributed by atoms with Gasteiger partial charge in [-0.05, 0) is 38.5 Å². The van der Waals surface area contributed by atoms with Crippen LogP contribution in [0.3, 0.4) is 0 Å². The first-order valence-electron chi connectivity index (χ1n) is 7.54. The van der Waals surface area contributed by atoms with Gasteiger partial charge >= 0.3 is 12.0 Å². The Bertz CT molecular complexity index is 594. The lowest BCUT2D eigenvalue weighted by Crippen LogP contribution is -2.34. The van der Waals surface area contributed by atoms with E-state index >= 15 is 0 Å². The third-order valence-corrected chi connectivity index (χ3v) is 2.71. The number of benzene rings is 1. The highest BCUT2D eigenvalue weighted by molar-refractivity contribution is 5.99. The van der Waals surface area contributed by atoms with E-state index in [1.807, 2.05) is 6.92 Å². The van der Waals surface area contributed by atoms with E-state index in [4.69, 9.17) is 9.57 Å². The third-order valence-electron chi connectivity index (χ3n) is 2.71. The number of ether oxygens (including phenoxy) is 1. The summed E-state index contributed by atoms with van der Waals surface area (Å²) < 4.78 is 4.92. The van der Waals surface area contributed by atoms with Gasteiger partial charge in [-0.1, -0.05) is 29.9 Å². The number of hydrogen-bond donors (Lipinski definition) is 2. The van der Waals surface area contributed by atoms with Gasteiger partial charge in [0.2, 0.25) is 0 Å². The van der Waals surface area contributed by atoms with Gasteiger partial charge in [-0.2, -0.15) is 0 Å². The number of rotatable bonds is 8. The maximum atomic E-state index is 11.7. The molecule has 1 aromatic rings. The van der Waals surface area contributed by atoms with Crippen molar-refractivity contribution >= 4 is 23.4 Å². The molecular formula is C17H23N3O4. The van der Waals surface area contributed by atoms with Crippen LogP contribution < -0.4 is 10.6 Å². The summed E-state index contributed by atoms with van der Waals surface area (Å²) in [6, 6.07) is 6.59. The van der Waals surface area contributed by atoms with E-state index in [1.54, 1.807) is 44.2 Å². The molecule has 2 N–H and O–H groups in total. The molecule has 7 heteroatoms. The highest BCUT2D eigenvalue weighted by atomic mass is 16.6. The average Bonchev–Trinajstić information content (AvgIpc) is 2.53. The molecule has 0 saturated carbocycles. The second-order valence-corrected chi connectivity index (χ2v) is 5.18. The van der Waals surface area contributed by atoms with Crippen molar-refractivity contribution in [1.29, 1.82) is 0 Å². The van der Waals surface area contributed by atoms with Crippen LogP contribution in [0.25, 0.3) is 0 Å². The van der Waals surface area contributed by atoms with E-state index in [2.05, 4.69) is 22.4 Å². The molecular weight excluding hydrogens is 310 g/mol. The Balaban J connectivity index is 2.48. The lowest BCUT2D eigenvalue weighted by atomic mass is 10.1. The third kappa shape index (κ3) is 7.44. The SMILES string of the molecule is C=CCON=C(C)c1ccc(NC(=O)NCC(=O)OC(C)C)cc1. The van der Waals surface area contributed by atoms with E-state index in [-0.39, 0.29) is 12.6 Å². The number of anilines is 1. The summed E-state index contributed by atoms with van der Waals surface area (Å²) in [6.45, 7) is 9.00. The van der Waals surface area contributed by atoms with Gasteiger partial charge in [-0.3, -0.25) is 4.79 Å². The van der Waals surface area contributed by atoms with E-state index in [0.29, 0.717) is 18.0 Å².